The van der Waals surface area contributed by atoms with Crippen LogP contribution in [0.15, 0.2) is 96.4 Å². The van der Waals surface area contributed by atoms with E-state index < -0.39 is 11.9 Å². The number of hydrogen-bond acceptors (Lipinski definition) is 6. The van der Waals surface area contributed by atoms with Crippen molar-refractivity contribution in [2.75, 3.05) is 6.61 Å². The van der Waals surface area contributed by atoms with Crippen molar-refractivity contribution in [1.29, 1.82) is 5.26 Å². The second-order valence-corrected chi connectivity index (χ2v) is 9.16. The molecule has 0 saturated carbocycles. The summed E-state index contributed by atoms with van der Waals surface area (Å²) >= 11 is 0. The van der Waals surface area contributed by atoms with Crippen LogP contribution in [0.1, 0.15) is 53.6 Å². The SMILES string of the molecule is CCCCCOc1ccc(C(=O)Oc2ccc3c(c2)OC(N)=C(C#N)C3c2cccc3ccccc23)cc1. The lowest BCUT2D eigenvalue weighted by Crippen LogP contribution is -2.21. The van der Waals surface area contributed by atoms with Crippen LogP contribution in [0.3, 0.4) is 0 Å². The number of hydrogen-bond donors (Lipinski definition) is 1. The first-order valence-corrected chi connectivity index (χ1v) is 12.7. The quantitative estimate of drug-likeness (QED) is 0.160. The molecule has 0 fully saturated rings. The number of allylic oxidation sites excluding steroid dienone is 1. The number of benzene rings is 4. The molecule has 1 heterocycles. The lowest BCUT2D eigenvalue weighted by Gasteiger charge is -2.27. The molecule has 1 aliphatic rings. The predicted molar refractivity (Wildman–Crippen MR) is 146 cm³/mol. The summed E-state index contributed by atoms with van der Waals surface area (Å²) in [5.74, 6) is 0.611. The minimum Gasteiger partial charge on any atom is -0.494 e. The van der Waals surface area contributed by atoms with Gasteiger partial charge in [-0.25, -0.2) is 4.79 Å². The van der Waals surface area contributed by atoms with Crippen LogP contribution in [-0.2, 0) is 0 Å². The highest BCUT2D eigenvalue weighted by atomic mass is 16.5. The lowest BCUT2D eigenvalue weighted by molar-refractivity contribution is 0.0734. The molecule has 1 aliphatic heterocycles. The van der Waals surface area contributed by atoms with Gasteiger partial charge in [0.2, 0.25) is 5.88 Å². The molecular formula is C32H28N2O4. The fraction of sp³-hybridized carbons (Fsp3) is 0.188. The van der Waals surface area contributed by atoms with Crippen LogP contribution in [0.4, 0.5) is 0 Å². The maximum atomic E-state index is 12.8. The average molecular weight is 505 g/mol. The van der Waals surface area contributed by atoms with E-state index in [-0.39, 0.29) is 5.88 Å². The van der Waals surface area contributed by atoms with Gasteiger partial charge >= 0.3 is 5.97 Å². The molecule has 0 spiro atoms. The number of nitrogens with two attached hydrogens (primary N) is 1. The Hall–Kier alpha value is -4.76. The third kappa shape index (κ3) is 5.05. The second-order valence-electron chi connectivity index (χ2n) is 9.16. The third-order valence-corrected chi connectivity index (χ3v) is 6.64. The molecule has 190 valence electrons. The first-order valence-electron chi connectivity index (χ1n) is 12.7. The fourth-order valence-electron chi connectivity index (χ4n) is 4.72. The highest BCUT2D eigenvalue weighted by Crippen LogP contribution is 2.45. The van der Waals surface area contributed by atoms with Gasteiger partial charge in [0.05, 0.1) is 18.1 Å². The molecular weight excluding hydrogens is 476 g/mol. The van der Waals surface area contributed by atoms with Crippen molar-refractivity contribution >= 4 is 16.7 Å². The molecule has 1 unspecified atom stereocenters. The van der Waals surface area contributed by atoms with Crippen LogP contribution >= 0.6 is 0 Å². The molecule has 0 aromatic heterocycles. The summed E-state index contributed by atoms with van der Waals surface area (Å²) in [5, 5.41) is 12.0. The van der Waals surface area contributed by atoms with Gasteiger partial charge in [-0.05, 0) is 53.1 Å². The van der Waals surface area contributed by atoms with Gasteiger partial charge in [-0.3, -0.25) is 0 Å². The summed E-state index contributed by atoms with van der Waals surface area (Å²) in [6, 6.07) is 28.3. The summed E-state index contributed by atoms with van der Waals surface area (Å²) in [4.78, 5) is 12.8. The monoisotopic (exact) mass is 504 g/mol. The maximum absolute atomic E-state index is 12.8. The molecule has 5 rings (SSSR count). The van der Waals surface area contributed by atoms with E-state index in [2.05, 4.69) is 13.0 Å². The van der Waals surface area contributed by atoms with Crippen LogP contribution in [-0.4, -0.2) is 12.6 Å². The van der Waals surface area contributed by atoms with Gasteiger partial charge in [-0.1, -0.05) is 68.3 Å². The first-order chi connectivity index (χ1) is 18.6. The van der Waals surface area contributed by atoms with E-state index in [0.29, 0.717) is 29.2 Å². The van der Waals surface area contributed by atoms with Crippen LogP contribution in [0.25, 0.3) is 10.8 Å². The Bertz CT molecular complexity index is 1550. The highest BCUT2D eigenvalue weighted by Gasteiger charge is 2.32. The Morgan fingerprint density at radius 2 is 1.71 bits per heavy atom. The van der Waals surface area contributed by atoms with Crippen molar-refractivity contribution in [3.05, 3.63) is 113 Å². The molecule has 0 radical (unpaired) electrons. The molecule has 6 heteroatoms. The van der Waals surface area contributed by atoms with Gasteiger partial charge in [0.25, 0.3) is 0 Å². The maximum Gasteiger partial charge on any atom is 0.343 e. The molecule has 4 aromatic rings. The number of esters is 1. The molecule has 0 amide bonds. The van der Waals surface area contributed by atoms with Crippen molar-refractivity contribution in [3.8, 4) is 23.3 Å². The van der Waals surface area contributed by atoms with Gasteiger partial charge in [-0.2, -0.15) is 5.26 Å². The molecule has 0 bridgehead atoms. The Morgan fingerprint density at radius 1 is 0.947 bits per heavy atom. The number of nitriles is 1. The van der Waals surface area contributed by atoms with Crippen molar-refractivity contribution < 1.29 is 19.0 Å². The van der Waals surface area contributed by atoms with Gasteiger partial charge in [-0.15, -0.1) is 0 Å². The molecule has 0 saturated heterocycles. The van der Waals surface area contributed by atoms with Crippen LogP contribution in [0, 0.1) is 11.3 Å². The third-order valence-electron chi connectivity index (χ3n) is 6.64. The van der Waals surface area contributed by atoms with Crippen molar-refractivity contribution in [2.45, 2.75) is 32.1 Å². The average Bonchev–Trinajstić information content (AvgIpc) is 2.94. The van der Waals surface area contributed by atoms with Crippen LogP contribution < -0.4 is 19.9 Å². The molecule has 38 heavy (non-hydrogen) atoms. The summed E-state index contributed by atoms with van der Waals surface area (Å²) in [7, 11) is 0. The largest absolute Gasteiger partial charge is 0.494 e. The molecule has 4 aromatic carbocycles. The van der Waals surface area contributed by atoms with Gasteiger partial charge in [0.15, 0.2) is 0 Å². The number of rotatable bonds is 8. The zero-order valence-corrected chi connectivity index (χ0v) is 21.1. The van der Waals surface area contributed by atoms with E-state index in [4.69, 9.17) is 19.9 Å². The van der Waals surface area contributed by atoms with Crippen molar-refractivity contribution in [1.82, 2.24) is 0 Å². The summed E-state index contributed by atoms with van der Waals surface area (Å²) in [5.41, 5.74) is 8.68. The zero-order valence-electron chi connectivity index (χ0n) is 21.1. The van der Waals surface area contributed by atoms with E-state index in [1.54, 1.807) is 36.4 Å². The molecule has 6 nitrogen and oxygen atoms in total. The summed E-state index contributed by atoms with van der Waals surface area (Å²) < 4.78 is 17.2. The van der Waals surface area contributed by atoms with E-state index in [0.717, 1.165) is 46.9 Å². The van der Waals surface area contributed by atoms with Gasteiger partial charge < -0.3 is 19.9 Å². The standard InChI is InChI=1S/C32H28N2O4/c1-2-3-6-18-36-23-14-12-22(13-15-23)32(35)37-24-16-17-27-29(19-24)38-31(34)28(20-33)30(27)26-11-7-9-21-8-4-5-10-25(21)26/h4-5,7-17,19,30H,2-3,6,18,34H2,1H3. The Balaban J connectivity index is 1.39. The number of carbonyl (C=O) groups excluding carboxylic acids is 1. The van der Waals surface area contributed by atoms with Crippen molar-refractivity contribution in [3.63, 3.8) is 0 Å². The highest BCUT2D eigenvalue weighted by molar-refractivity contribution is 5.91. The van der Waals surface area contributed by atoms with E-state index in [9.17, 15) is 10.1 Å². The number of fused-ring (bicyclic) bond motifs is 2. The Kier molecular flexibility index (Phi) is 7.28. The normalized spacial score (nSPS) is 14.4. The number of nitrogens with zero attached hydrogens (tertiary/aromatic N) is 1. The van der Waals surface area contributed by atoms with Gasteiger partial charge in [0, 0.05) is 11.6 Å². The van der Waals surface area contributed by atoms with Gasteiger partial charge in [0.1, 0.15) is 28.9 Å². The fourth-order valence-corrected chi connectivity index (χ4v) is 4.72. The summed E-state index contributed by atoms with van der Waals surface area (Å²) in [6.07, 6.45) is 3.25. The van der Waals surface area contributed by atoms with E-state index >= 15 is 0 Å². The minimum absolute atomic E-state index is 0.0379. The molecule has 1 atom stereocenters. The van der Waals surface area contributed by atoms with Crippen LogP contribution in [0.5, 0.6) is 17.2 Å². The predicted octanol–water partition coefficient (Wildman–Crippen LogP) is 6.85. The van der Waals surface area contributed by atoms with Crippen molar-refractivity contribution in [2.24, 2.45) is 5.73 Å². The topological polar surface area (TPSA) is 94.6 Å². The zero-order chi connectivity index (χ0) is 26.5. The summed E-state index contributed by atoms with van der Waals surface area (Å²) in [6.45, 7) is 2.80. The smallest absolute Gasteiger partial charge is 0.343 e. The second kappa shape index (κ2) is 11.1. The van der Waals surface area contributed by atoms with Crippen LogP contribution in [0.2, 0.25) is 0 Å². The first kappa shape index (κ1) is 24.9. The number of carbonyl (C=O) groups is 1. The number of unbranched alkanes of at least 4 members (excludes halogenated alkanes) is 2. The minimum atomic E-state index is -0.495. The Labute approximate surface area is 221 Å². The molecule has 2 N–H and O–H groups in total. The van der Waals surface area contributed by atoms with E-state index in [1.165, 1.54) is 0 Å². The molecule has 0 aliphatic carbocycles. The lowest BCUT2D eigenvalue weighted by atomic mass is 9.81. The number of ether oxygens (including phenoxy) is 3. The Morgan fingerprint density at radius 3 is 2.50 bits per heavy atom. The van der Waals surface area contributed by atoms with E-state index in [1.807, 2.05) is 48.5 Å².